The van der Waals surface area contributed by atoms with Gasteiger partial charge in [0.2, 0.25) is 5.91 Å². The molecule has 3 aromatic rings. The zero-order chi connectivity index (χ0) is 19.5. The van der Waals surface area contributed by atoms with Crippen molar-refractivity contribution in [3.63, 3.8) is 0 Å². The molecule has 2 atom stereocenters. The summed E-state index contributed by atoms with van der Waals surface area (Å²) in [4.78, 5) is 30.8. The van der Waals surface area contributed by atoms with Crippen LogP contribution < -0.4 is 5.32 Å². The Labute approximate surface area is 161 Å². The molecule has 0 radical (unpaired) electrons. The maximum absolute atomic E-state index is 13.0. The summed E-state index contributed by atoms with van der Waals surface area (Å²) in [6.45, 7) is 0.369. The van der Waals surface area contributed by atoms with Crippen molar-refractivity contribution >= 4 is 22.8 Å². The normalized spacial score (nSPS) is 19.5. The van der Waals surface area contributed by atoms with Gasteiger partial charge < -0.3 is 15.3 Å². The van der Waals surface area contributed by atoms with Gasteiger partial charge in [0.1, 0.15) is 6.61 Å². The maximum atomic E-state index is 13.0. The summed E-state index contributed by atoms with van der Waals surface area (Å²) in [6.07, 6.45) is 3.85. The zero-order valence-corrected chi connectivity index (χ0v) is 15.2. The zero-order valence-electron chi connectivity index (χ0n) is 15.2. The van der Waals surface area contributed by atoms with E-state index < -0.39 is 6.61 Å². The molecule has 2 aromatic heterocycles. The number of fused-ring (bicyclic) bond motifs is 1. The first-order valence-corrected chi connectivity index (χ1v) is 9.20. The minimum absolute atomic E-state index is 0.0783. The van der Waals surface area contributed by atoms with Crippen LogP contribution in [0.4, 0.5) is 0 Å². The van der Waals surface area contributed by atoms with E-state index in [-0.39, 0.29) is 23.8 Å². The van der Waals surface area contributed by atoms with Crippen molar-refractivity contribution in [1.29, 1.82) is 0 Å². The van der Waals surface area contributed by atoms with Crippen LogP contribution in [0.1, 0.15) is 28.3 Å². The van der Waals surface area contributed by atoms with Gasteiger partial charge in [0.05, 0.1) is 23.2 Å². The van der Waals surface area contributed by atoms with Crippen LogP contribution in [0.5, 0.6) is 0 Å². The monoisotopic (exact) mass is 379 g/mol. The van der Waals surface area contributed by atoms with E-state index >= 15 is 0 Å². The van der Waals surface area contributed by atoms with Crippen molar-refractivity contribution in [2.24, 2.45) is 0 Å². The van der Waals surface area contributed by atoms with E-state index in [0.717, 1.165) is 5.56 Å². The van der Waals surface area contributed by atoms with Crippen LogP contribution >= 0.6 is 0 Å². The SMILES string of the molecule is O=C(N[C@@H]1CN(C(=O)CO)CC[C@@H]1c1ccccc1)c1ccnc2[nH]ncc12. The van der Waals surface area contributed by atoms with Crippen LogP contribution in [-0.2, 0) is 4.79 Å². The van der Waals surface area contributed by atoms with E-state index in [1.54, 1.807) is 23.4 Å². The second kappa shape index (κ2) is 7.77. The summed E-state index contributed by atoms with van der Waals surface area (Å²) in [6, 6.07) is 11.4. The summed E-state index contributed by atoms with van der Waals surface area (Å²) in [7, 11) is 0. The smallest absolute Gasteiger partial charge is 0.252 e. The summed E-state index contributed by atoms with van der Waals surface area (Å²) in [5.74, 6) is -0.487. The van der Waals surface area contributed by atoms with Gasteiger partial charge in [0.15, 0.2) is 5.65 Å². The Hall–Kier alpha value is -3.26. The first kappa shape index (κ1) is 18.1. The van der Waals surface area contributed by atoms with Gasteiger partial charge in [0.25, 0.3) is 5.91 Å². The largest absolute Gasteiger partial charge is 0.387 e. The molecule has 4 rings (SSSR count). The molecule has 2 amide bonds. The van der Waals surface area contributed by atoms with E-state index in [0.29, 0.717) is 36.1 Å². The van der Waals surface area contributed by atoms with Crippen molar-refractivity contribution < 1.29 is 14.7 Å². The summed E-state index contributed by atoms with van der Waals surface area (Å²) in [5, 5.41) is 19.7. The molecule has 1 saturated heterocycles. The Morgan fingerprint density at radius 1 is 1.25 bits per heavy atom. The molecule has 144 valence electrons. The fourth-order valence-electron chi connectivity index (χ4n) is 3.82. The first-order valence-electron chi connectivity index (χ1n) is 9.20. The number of nitrogens with one attached hydrogen (secondary N) is 2. The van der Waals surface area contributed by atoms with Crippen LogP contribution in [0.15, 0.2) is 48.8 Å². The van der Waals surface area contributed by atoms with Crippen LogP contribution in [0.2, 0.25) is 0 Å². The van der Waals surface area contributed by atoms with Crippen molar-refractivity contribution in [1.82, 2.24) is 25.4 Å². The number of H-pyrrole nitrogens is 1. The van der Waals surface area contributed by atoms with Crippen molar-refractivity contribution in [3.8, 4) is 0 Å². The lowest BCUT2D eigenvalue weighted by atomic mass is 9.85. The lowest BCUT2D eigenvalue weighted by Gasteiger charge is -2.39. The minimum atomic E-state index is -0.531. The number of likely N-dealkylation sites (tertiary alicyclic amines) is 1. The van der Waals surface area contributed by atoms with Gasteiger partial charge in [-0.3, -0.25) is 14.7 Å². The molecule has 0 spiro atoms. The van der Waals surface area contributed by atoms with E-state index in [1.807, 2.05) is 30.3 Å². The Morgan fingerprint density at radius 3 is 2.86 bits per heavy atom. The number of amides is 2. The number of carbonyl (C=O) groups is 2. The number of aliphatic hydroxyl groups excluding tert-OH is 1. The predicted molar refractivity (Wildman–Crippen MR) is 103 cm³/mol. The molecular formula is C20H21N5O3. The number of rotatable bonds is 4. The minimum Gasteiger partial charge on any atom is -0.387 e. The number of benzene rings is 1. The molecule has 3 heterocycles. The highest BCUT2D eigenvalue weighted by molar-refractivity contribution is 6.05. The van der Waals surface area contributed by atoms with Crippen molar-refractivity contribution in [2.75, 3.05) is 19.7 Å². The third kappa shape index (κ3) is 3.46. The molecular weight excluding hydrogens is 358 g/mol. The maximum Gasteiger partial charge on any atom is 0.252 e. The van der Waals surface area contributed by atoms with Gasteiger partial charge in [-0.25, -0.2) is 4.98 Å². The molecule has 0 unspecified atom stereocenters. The third-order valence-corrected chi connectivity index (χ3v) is 5.24. The van der Waals surface area contributed by atoms with E-state index in [4.69, 9.17) is 0 Å². The van der Waals surface area contributed by atoms with Crippen molar-refractivity contribution in [3.05, 3.63) is 59.9 Å². The van der Waals surface area contributed by atoms with Crippen LogP contribution in [0.25, 0.3) is 11.0 Å². The number of hydrogen-bond acceptors (Lipinski definition) is 5. The van der Waals surface area contributed by atoms with E-state index in [9.17, 15) is 14.7 Å². The molecule has 1 aromatic carbocycles. The molecule has 3 N–H and O–H groups in total. The lowest BCUT2D eigenvalue weighted by molar-refractivity contribution is -0.135. The molecule has 1 fully saturated rings. The van der Waals surface area contributed by atoms with Crippen molar-refractivity contribution in [2.45, 2.75) is 18.4 Å². The standard InChI is InChI=1S/C20H21N5O3/c26-12-18(27)25-9-7-14(13-4-2-1-3-5-13)17(11-25)23-20(28)15-6-8-21-19-16(15)10-22-24-19/h1-6,8,10,14,17,26H,7,9,11-12H2,(H,23,28)(H,21,22,24)/t14-,17-/m1/s1. The number of aromatic nitrogens is 3. The highest BCUT2D eigenvalue weighted by atomic mass is 16.3. The summed E-state index contributed by atoms with van der Waals surface area (Å²) >= 11 is 0. The first-order chi connectivity index (χ1) is 13.7. The molecule has 0 aliphatic carbocycles. The average molecular weight is 379 g/mol. The average Bonchev–Trinajstić information content (AvgIpc) is 3.22. The summed E-state index contributed by atoms with van der Waals surface area (Å²) < 4.78 is 0. The Kier molecular flexibility index (Phi) is 5.03. The van der Waals surface area contributed by atoms with Gasteiger partial charge in [-0.05, 0) is 18.1 Å². The molecule has 0 bridgehead atoms. The van der Waals surface area contributed by atoms with E-state index in [1.165, 1.54) is 0 Å². The predicted octanol–water partition coefficient (Wildman–Crippen LogP) is 1.06. The molecule has 8 nitrogen and oxygen atoms in total. The van der Waals surface area contributed by atoms with Gasteiger partial charge in [-0.2, -0.15) is 5.10 Å². The number of nitrogens with zero attached hydrogens (tertiary/aromatic N) is 3. The fourth-order valence-corrected chi connectivity index (χ4v) is 3.82. The van der Waals surface area contributed by atoms with Gasteiger partial charge >= 0.3 is 0 Å². The van der Waals surface area contributed by atoms with Crippen LogP contribution in [-0.4, -0.2) is 62.7 Å². The number of aliphatic hydroxyl groups is 1. The second-order valence-electron chi connectivity index (χ2n) is 6.87. The molecule has 1 aliphatic heterocycles. The second-order valence-corrected chi connectivity index (χ2v) is 6.87. The summed E-state index contributed by atoms with van der Waals surface area (Å²) in [5.41, 5.74) is 2.15. The van der Waals surface area contributed by atoms with Gasteiger partial charge in [-0.1, -0.05) is 30.3 Å². The van der Waals surface area contributed by atoms with E-state index in [2.05, 4.69) is 20.5 Å². The number of pyridine rings is 1. The number of piperidine rings is 1. The van der Waals surface area contributed by atoms with Crippen LogP contribution in [0, 0.1) is 0 Å². The molecule has 28 heavy (non-hydrogen) atoms. The Morgan fingerprint density at radius 2 is 2.07 bits per heavy atom. The van der Waals surface area contributed by atoms with Gasteiger partial charge in [-0.15, -0.1) is 0 Å². The molecule has 1 aliphatic rings. The number of carbonyl (C=O) groups excluding carboxylic acids is 2. The Balaban J connectivity index is 1.61. The highest BCUT2D eigenvalue weighted by Gasteiger charge is 2.33. The third-order valence-electron chi connectivity index (χ3n) is 5.24. The quantitative estimate of drug-likeness (QED) is 0.628. The highest BCUT2D eigenvalue weighted by Crippen LogP contribution is 2.29. The number of hydrogen-bond donors (Lipinski definition) is 3. The molecule has 0 saturated carbocycles. The topological polar surface area (TPSA) is 111 Å². The number of aromatic amines is 1. The Bertz CT molecular complexity index is 988. The van der Waals surface area contributed by atoms with Crippen LogP contribution in [0.3, 0.4) is 0 Å². The lowest BCUT2D eigenvalue weighted by Crippen LogP contribution is -2.53. The van der Waals surface area contributed by atoms with Gasteiger partial charge in [0, 0.05) is 25.2 Å². The molecule has 8 heteroatoms. The fraction of sp³-hybridized carbons (Fsp3) is 0.300.